The highest BCUT2D eigenvalue weighted by atomic mass is 16.6. The average Bonchev–Trinajstić information content (AvgIpc) is 2.64. The van der Waals surface area contributed by atoms with E-state index in [1.54, 1.807) is 6.07 Å². The summed E-state index contributed by atoms with van der Waals surface area (Å²) in [5, 5.41) is 37.4. The molecule has 0 bridgehead atoms. The maximum absolute atomic E-state index is 11.6. The molecule has 0 unspecified atom stereocenters. The summed E-state index contributed by atoms with van der Waals surface area (Å²) in [6, 6.07) is 2.50. The molecule has 1 fully saturated rings. The number of aliphatic hydroxyl groups excluding tert-OH is 3. The molecule has 4 N–H and O–H groups in total. The summed E-state index contributed by atoms with van der Waals surface area (Å²) < 4.78 is 5.59. The number of nitrogens with zero attached hydrogens (tertiary/aromatic N) is 2. The van der Waals surface area contributed by atoms with Crippen molar-refractivity contribution in [3.8, 4) is 6.07 Å². The molecule has 9 nitrogen and oxygen atoms in total. The highest BCUT2D eigenvalue weighted by Crippen LogP contribution is 2.36. The molecule has 3 atom stereocenters. The summed E-state index contributed by atoms with van der Waals surface area (Å²) in [7, 11) is 0. The first kappa shape index (κ1) is 12.9. The third-order valence-corrected chi connectivity index (χ3v) is 2.73. The second kappa shape index (κ2) is 4.27. The fraction of sp³-hybridized carbons (Fsp3) is 0.300. The maximum Gasteiger partial charge on any atom is 0.332 e. The lowest BCUT2D eigenvalue weighted by Gasteiger charge is -2.25. The van der Waals surface area contributed by atoms with Crippen molar-refractivity contribution >= 4 is 0 Å². The van der Waals surface area contributed by atoms with Crippen LogP contribution in [0, 0.1) is 11.3 Å². The van der Waals surface area contributed by atoms with E-state index in [4.69, 9.17) is 15.1 Å². The summed E-state index contributed by atoms with van der Waals surface area (Å²) in [5.74, 6) is -0.466. The van der Waals surface area contributed by atoms with Gasteiger partial charge in [0.25, 0.3) is 5.56 Å². The molecule has 1 aliphatic heterocycles. The molecule has 0 aromatic carbocycles. The minimum Gasteiger partial charge on any atom is -0.512 e. The smallest absolute Gasteiger partial charge is 0.332 e. The van der Waals surface area contributed by atoms with Crippen molar-refractivity contribution in [1.29, 1.82) is 5.26 Å². The highest BCUT2D eigenvalue weighted by molar-refractivity contribution is 5.19. The Hall–Kier alpha value is -2.57. The van der Waals surface area contributed by atoms with Crippen molar-refractivity contribution in [2.24, 2.45) is 0 Å². The third-order valence-electron chi connectivity index (χ3n) is 2.73. The molecule has 0 spiro atoms. The Labute approximate surface area is 105 Å². The van der Waals surface area contributed by atoms with Crippen molar-refractivity contribution in [3.05, 3.63) is 45.1 Å². The Balaban J connectivity index is 2.66. The zero-order valence-electron chi connectivity index (χ0n) is 9.35. The highest BCUT2D eigenvalue weighted by Gasteiger charge is 2.56. The van der Waals surface area contributed by atoms with Crippen LogP contribution in [0.5, 0.6) is 0 Å². The van der Waals surface area contributed by atoms with Crippen molar-refractivity contribution in [3.63, 3.8) is 0 Å². The molecule has 0 amide bonds. The van der Waals surface area contributed by atoms with Gasteiger partial charge in [-0.15, -0.1) is 0 Å². The number of rotatable bonds is 1. The van der Waals surface area contributed by atoms with Gasteiger partial charge in [0.1, 0.15) is 18.4 Å². The molecule has 100 valence electrons. The van der Waals surface area contributed by atoms with E-state index in [9.17, 15) is 19.8 Å². The SMILES string of the molecule is N#C[C@@]1(n2ccc(=O)[nH]c2=O)O/C(=C\O)[C@@H](O)[C@H]1O. The summed E-state index contributed by atoms with van der Waals surface area (Å²) in [6.07, 6.45) is -2.17. The minimum atomic E-state index is -2.27. The summed E-state index contributed by atoms with van der Waals surface area (Å²) in [4.78, 5) is 24.5. The van der Waals surface area contributed by atoms with Crippen LogP contribution in [0.1, 0.15) is 0 Å². The summed E-state index contributed by atoms with van der Waals surface area (Å²) in [6.45, 7) is 0. The molecule has 2 heterocycles. The number of aromatic amines is 1. The van der Waals surface area contributed by atoms with Gasteiger partial charge >= 0.3 is 11.4 Å². The van der Waals surface area contributed by atoms with Crippen molar-refractivity contribution in [2.45, 2.75) is 17.9 Å². The average molecular weight is 267 g/mol. The lowest BCUT2D eigenvalue weighted by molar-refractivity contribution is -0.0734. The number of aromatic nitrogens is 2. The number of H-pyrrole nitrogens is 1. The second-order valence-electron chi connectivity index (χ2n) is 3.81. The van der Waals surface area contributed by atoms with Gasteiger partial charge in [-0.05, 0) is 0 Å². The molecule has 1 aromatic rings. The Morgan fingerprint density at radius 3 is 2.68 bits per heavy atom. The third kappa shape index (κ3) is 1.70. The van der Waals surface area contributed by atoms with Crippen LogP contribution in [-0.2, 0) is 10.5 Å². The number of aliphatic hydroxyl groups is 3. The molecular weight excluding hydrogens is 258 g/mol. The zero-order chi connectivity index (χ0) is 14.2. The van der Waals surface area contributed by atoms with E-state index in [0.29, 0.717) is 10.8 Å². The summed E-state index contributed by atoms with van der Waals surface area (Å²) >= 11 is 0. The molecule has 1 aromatic heterocycles. The Morgan fingerprint density at radius 1 is 1.53 bits per heavy atom. The fourth-order valence-electron chi connectivity index (χ4n) is 1.79. The normalized spacial score (nSPS) is 31.9. The van der Waals surface area contributed by atoms with E-state index in [0.717, 1.165) is 12.3 Å². The predicted molar refractivity (Wildman–Crippen MR) is 58.7 cm³/mol. The number of ether oxygens (including phenoxy) is 1. The van der Waals surface area contributed by atoms with E-state index in [-0.39, 0.29) is 0 Å². The van der Waals surface area contributed by atoms with Gasteiger partial charge in [0.15, 0.2) is 11.9 Å². The minimum absolute atomic E-state index is 0.379. The van der Waals surface area contributed by atoms with Gasteiger partial charge < -0.3 is 20.1 Å². The van der Waals surface area contributed by atoms with Crippen LogP contribution in [0.15, 0.2) is 33.9 Å². The number of nitrogens with one attached hydrogen (secondary N) is 1. The molecule has 0 aliphatic carbocycles. The molecule has 0 saturated carbocycles. The van der Waals surface area contributed by atoms with Gasteiger partial charge in [-0.25, -0.2) is 9.36 Å². The lowest BCUT2D eigenvalue weighted by atomic mass is 10.1. The molecule has 0 radical (unpaired) electrons. The molecule has 1 saturated heterocycles. The molecule has 19 heavy (non-hydrogen) atoms. The first-order valence-corrected chi connectivity index (χ1v) is 5.09. The van der Waals surface area contributed by atoms with Gasteiger partial charge in [0.2, 0.25) is 0 Å². The van der Waals surface area contributed by atoms with Crippen LogP contribution in [-0.4, -0.2) is 37.1 Å². The zero-order valence-corrected chi connectivity index (χ0v) is 9.35. The quantitative estimate of drug-likeness (QED) is 0.424. The Bertz CT molecular complexity index is 683. The van der Waals surface area contributed by atoms with E-state index >= 15 is 0 Å². The number of hydrogen-bond acceptors (Lipinski definition) is 7. The van der Waals surface area contributed by atoms with Gasteiger partial charge in [-0.2, -0.15) is 5.26 Å². The van der Waals surface area contributed by atoms with Gasteiger partial charge in [0, 0.05) is 12.3 Å². The molecule has 1 aliphatic rings. The molecular formula is C10H9N3O6. The topological polar surface area (TPSA) is 149 Å². The van der Waals surface area contributed by atoms with E-state index in [1.165, 1.54) is 0 Å². The van der Waals surface area contributed by atoms with Crippen LogP contribution in [0.3, 0.4) is 0 Å². The van der Waals surface area contributed by atoms with Crippen LogP contribution >= 0.6 is 0 Å². The van der Waals surface area contributed by atoms with E-state index in [2.05, 4.69) is 0 Å². The first-order valence-electron chi connectivity index (χ1n) is 5.09. The van der Waals surface area contributed by atoms with Gasteiger partial charge in [0.05, 0.1) is 0 Å². The van der Waals surface area contributed by atoms with E-state index in [1.807, 2.05) is 4.98 Å². The Kier molecular flexibility index (Phi) is 2.89. The summed E-state index contributed by atoms with van der Waals surface area (Å²) in [5.41, 5.74) is -3.96. The molecule has 9 heteroatoms. The Morgan fingerprint density at radius 2 is 2.21 bits per heavy atom. The predicted octanol–water partition coefficient (Wildman–Crippen LogP) is -2.14. The maximum atomic E-state index is 11.6. The number of hydrogen-bond donors (Lipinski definition) is 4. The second-order valence-corrected chi connectivity index (χ2v) is 3.81. The van der Waals surface area contributed by atoms with Crippen molar-refractivity contribution < 1.29 is 20.1 Å². The fourth-order valence-corrected chi connectivity index (χ4v) is 1.79. The van der Waals surface area contributed by atoms with Crippen molar-refractivity contribution in [2.75, 3.05) is 0 Å². The first-order chi connectivity index (χ1) is 8.96. The van der Waals surface area contributed by atoms with Crippen LogP contribution in [0.25, 0.3) is 0 Å². The van der Waals surface area contributed by atoms with Crippen molar-refractivity contribution in [1.82, 2.24) is 9.55 Å². The van der Waals surface area contributed by atoms with E-state index < -0.39 is 34.9 Å². The monoisotopic (exact) mass is 267 g/mol. The van der Waals surface area contributed by atoms with Crippen LogP contribution in [0.4, 0.5) is 0 Å². The van der Waals surface area contributed by atoms with Gasteiger partial charge in [-0.1, -0.05) is 0 Å². The standard InChI is InChI=1S/C10H9N3O6/c11-4-10(8(17)7(16)5(3-14)19-10)13-2-1-6(15)12-9(13)18/h1-3,7-8,14,16-17H,(H,12,15,18)/b5-3-/t7-,8-,10-/m1/s1. The largest absolute Gasteiger partial charge is 0.512 e. The number of nitriles is 1. The van der Waals surface area contributed by atoms with Gasteiger partial charge in [-0.3, -0.25) is 9.78 Å². The van der Waals surface area contributed by atoms with Crippen LogP contribution in [0.2, 0.25) is 0 Å². The molecule has 2 rings (SSSR count). The lowest BCUT2D eigenvalue weighted by Crippen LogP contribution is -2.50. The van der Waals surface area contributed by atoms with Crippen LogP contribution < -0.4 is 11.2 Å².